The Kier molecular flexibility index (Phi) is 3.07. The average Bonchev–Trinajstić information content (AvgIpc) is 3.09. The second kappa shape index (κ2) is 4.47. The molecule has 0 bridgehead atoms. The molecule has 1 aliphatic carbocycles. The SMILES string of the molecule is O=S1(=O)CCN(c2nc(C3CC3)c(CO)s2)CC1. The van der Waals surface area contributed by atoms with Crippen molar-refractivity contribution in [3.05, 3.63) is 10.6 Å². The van der Waals surface area contributed by atoms with Crippen LogP contribution in [0.25, 0.3) is 0 Å². The number of aliphatic hydroxyl groups is 1. The van der Waals surface area contributed by atoms with Crippen molar-refractivity contribution in [2.75, 3.05) is 29.5 Å². The standard InChI is InChI=1S/C11H16N2O3S2/c14-7-9-10(8-1-2-8)12-11(17-9)13-3-5-18(15,16)6-4-13/h8,14H,1-7H2. The maximum Gasteiger partial charge on any atom is 0.185 e. The first-order valence-corrected chi connectivity index (χ1v) is 8.79. The molecule has 100 valence electrons. The highest BCUT2D eigenvalue weighted by atomic mass is 32.2. The van der Waals surface area contributed by atoms with Crippen LogP contribution in [0.1, 0.15) is 29.3 Å². The van der Waals surface area contributed by atoms with Crippen molar-refractivity contribution in [1.29, 1.82) is 0 Å². The number of aliphatic hydroxyl groups excluding tert-OH is 1. The molecule has 7 heteroatoms. The topological polar surface area (TPSA) is 70.5 Å². The third-order valence-electron chi connectivity index (χ3n) is 3.44. The number of hydrogen-bond donors (Lipinski definition) is 1. The fraction of sp³-hybridized carbons (Fsp3) is 0.727. The van der Waals surface area contributed by atoms with Gasteiger partial charge < -0.3 is 10.0 Å². The molecule has 0 spiro atoms. The lowest BCUT2D eigenvalue weighted by Gasteiger charge is -2.25. The predicted molar refractivity (Wildman–Crippen MR) is 70.9 cm³/mol. The van der Waals surface area contributed by atoms with Crippen molar-refractivity contribution in [3.63, 3.8) is 0 Å². The molecule has 18 heavy (non-hydrogen) atoms. The van der Waals surface area contributed by atoms with Gasteiger partial charge in [-0.1, -0.05) is 11.3 Å². The Balaban J connectivity index is 1.80. The fourth-order valence-electron chi connectivity index (χ4n) is 2.18. The first-order chi connectivity index (χ1) is 8.59. The Bertz CT molecular complexity index is 535. The van der Waals surface area contributed by atoms with Gasteiger partial charge in [-0.2, -0.15) is 0 Å². The first kappa shape index (κ1) is 12.4. The van der Waals surface area contributed by atoms with E-state index in [2.05, 4.69) is 4.98 Å². The predicted octanol–water partition coefficient (Wildman–Crippen LogP) is 0.748. The van der Waals surface area contributed by atoms with E-state index in [9.17, 15) is 13.5 Å². The van der Waals surface area contributed by atoms with Gasteiger partial charge in [0.05, 0.1) is 28.7 Å². The van der Waals surface area contributed by atoms with Crippen LogP contribution in [-0.2, 0) is 16.4 Å². The van der Waals surface area contributed by atoms with E-state index in [1.165, 1.54) is 11.3 Å². The molecule has 0 amide bonds. The molecule has 0 unspecified atom stereocenters. The van der Waals surface area contributed by atoms with Crippen LogP contribution in [0.2, 0.25) is 0 Å². The van der Waals surface area contributed by atoms with Gasteiger partial charge in [-0.25, -0.2) is 13.4 Å². The zero-order valence-electron chi connectivity index (χ0n) is 10.0. The summed E-state index contributed by atoms with van der Waals surface area (Å²) in [6.45, 7) is 1.07. The maximum absolute atomic E-state index is 11.4. The van der Waals surface area contributed by atoms with Gasteiger partial charge >= 0.3 is 0 Å². The Morgan fingerprint density at radius 2 is 2.00 bits per heavy atom. The van der Waals surface area contributed by atoms with Crippen LogP contribution in [0, 0.1) is 0 Å². The van der Waals surface area contributed by atoms with E-state index in [0.717, 1.165) is 28.5 Å². The van der Waals surface area contributed by atoms with Gasteiger partial charge in [0.1, 0.15) is 0 Å². The molecular formula is C11H16N2O3S2. The fourth-order valence-corrected chi connectivity index (χ4v) is 4.44. The minimum Gasteiger partial charge on any atom is -0.391 e. The highest BCUT2D eigenvalue weighted by molar-refractivity contribution is 7.91. The van der Waals surface area contributed by atoms with Crippen molar-refractivity contribution in [2.24, 2.45) is 0 Å². The van der Waals surface area contributed by atoms with Crippen molar-refractivity contribution in [1.82, 2.24) is 4.98 Å². The number of hydrogen-bond acceptors (Lipinski definition) is 6. The summed E-state index contributed by atoms with van der Waals surface area (Å²) in [5, 5.41) is 10.2. The van der Waals surface area contributed by atoms with Gasteiger partial charge in [0.15, 0.2) is 15.0 Å². The van der Waals surface area contributed by atoms with Crippen LogP contribution in [0.5, 0.6) is 0 Å². The van der Waals surface area contributed by atoms with Crippen molar-refractivity contribution in [2.45, 2.75) is 25.4 Å². The van der Waals surface area contributed by atoms with Gasteiger partial charge in [-0.05, 0) is 12.8 Å². The van der Waals surface area contributed by atoms with Gasteiger partial charge in [0.25, 0.3) is 0 Å². The Hall–Kier alpha value is -0.660. The smallest absolute Gasteiger partial charge is 0.185 e. The second-order valence-corrected chi connectivity index (χ2v) is 8.24. The van der Waals surface area contributed by atoms with E-state index in [0.29, 0.717) is 19.0 Å². The largest absolute Gasteiger partial charge is 0.391 e. The molecule has 1 aliphatic heterocycles. The van der Waals surface area contributed by atoms with E-state index in [-0.39, 0.29) is 18.1 Å². The number of anilines is 1. The number of nitrogens with zero attached hydrogens (tertiary/aromatic N) is 2. The van der Waals surface area contributed by atoms with E-state index < -0.39 is 9.84 Å². The molecule has 1 aromatic heterocycles. The summed E-state index contributed by atoms with van der Waals surface area (Å²) in [6, 6.07) is 0. The summed E-state index contributed by atoms with van der Waals surface area (Å²) < 4.78 is 22.8. The molecule has 2 heterocycles. The summed E-state index contributed by atoms with van der Waals surface area (Å²) in [5.74, 6) is 0.935. The lowest BCUT2D eigenvalue weighted by molar-refractivity contribution is 0.284. The third kappa shape index (κ3) is 2.39. The quantitative estimate of drug-likeness (QED) is 0.888. The highest BCUT2D eigenvalue weighted by Crippen LogP contribution is 2.44. The summed E-state index contributed by atoms with van der Waals surface area (Å²) in [4.78, 5) is 7.57. The van der Waals surface area contributed by atoms with Crippen molar-refractivity contribution in [3.8, 4) is 0 Å². The summed E-state index contributed by atoms with van der Waals surface area (Å²) in [6.07, 6.45) is 2.31. The molecule has 3 rings (SSSR count). The Morgan fingerprint density at radius 1 is 1.33 bits per heavy atom. The minimum atomic E-state index is -2.85. The van der Waals surface area contributed by atoms with E-state index >= 15 is 0 Å². The van der Waals surface area contributed by atoms with Gasteiger partial charge in [-0.3, -0.25) is 0 Å². The van der Waals surface area contributed by atoms with E-state index in [1.807, 2.05) is 4.90 Å². The van der Waals surface area contributed by atoms with Crippen molar-refractivity contribution >= 4 is 26.3 Å². The van der Waals surface area contributed by atoms with Crippen LogP contribution < -0.4 is 4.90 Å². The molecule has 1 saturated carbocycles. The molecule has 5 nitrogen and oxygen atoms in total. The van der Waals surface area contributed by atoms with Gasteiger partial charge in [-0.15, -0.1) is 0 Å². The minimum absolute atomic E-state index is 0.0373. The Morgan fingerprint density at radius 3 is 2.56 bits per heavy atom. The molecule has 1 saturated heterocycles. The van der Waals surface area contributed by atoms with Crippen LogP contribution >= 0.6 is 11.3 Å². The maximum atomic E-state index is 11.4. The van der Waals surface area contributed by atoms with Gasteiger partial charge in [0.2, 0.25) is 0 Å². The van der Waals surface area contributed by atoms with Crippen LogP contribution in [-0.4, -0.2) is 43.1 Å². The molecular weight excluding hydrogens is 272 g/mol. The van der Waals surface area contributed by atoms with Crippen LogP contribution in [0.3, 0.4) is 0 Å². The zero-order valence-corrected chi connectivity index (χ0v) is 11.6. The number of thiazole rings is 1. The second-order valence-electron chi connectivity index (χ2n) is 4.88. The lowest BCUT2D eigenvalue weighted by atomic mass is 10.2. The van der Waals surface area contributed by atoms with Crippen molar-refractivity contribution < 1.29 is 13.5 Å². The van der Waals surface area contributed by atoms with Crippen LogP contribution in [0.4, 0.5) is 5.13 Å². The molecule has 0 radical (unpaired) electrons. The average molecular weight is 288 g/mol. The molecule has 0 aromatic carbocycles. The molecule has 1 aromatic rings. The van der Waals surface area contributed by atoms with E-state index in [4.69, 9.17) is 0 Å². The van der Waals surface area contributed by atoms with Crippen LogP contribution in [0.15, 0.2) is 0 Å². The molecule has 1 N–H and O–H groups in total. The lowest BCUT2D eigenvalue weighted by Crippen LogP contribution is -2.40. The molecule has 0 atom stereocenters. The molecule has 2 fully saturated rings. The summed E-state index contributed by atoms with van der Waals surface area (Å²) in [7, 11) is -2.85. The zero-order chi connectivity index (χ0) is 12.8. The first-order valence-electron chi connectivity index (χ1n) is 6.15. The highest BCUT2D eigenvalue weighted by Gasteiger charge is 2.31. The number of aromatic nitrogens is 1. The monoisotopic (exact) mass is 288 g/mol. The summed E-state index contributed by atoms with van der Waals surface area (Å²) >= 11 is 1.50. The van der Waals surface area contributed by atoms with Gasteiger partial charge in [0, 0.05) is 19.0 Å². The Labute approximate surface area is 110 Å². The molecule has 2 aliphatic rings. The third-order valence-corrected chi connectivity index (χ3v) is 6.16. The summed E-state index contributed by atoms with van der Waals surface area (Å²) in [5.41, 5.74) is 1.03. The number of sulfone groups is 1. The normalized spacial score (nSPS) is 23.3. The van der Waals surface area contributed by atoms with E-state index in [1.54, 1.807) is 0 Å². The number of rotatable bonds is 3.